The number of anilines is 1. The highest BCUT2D eigenvalue weighted by molar-refractivity contribution is 5.65. The van der Waals surface area contributed by atoms with Crippen molar-refractivity contribution >= 4 is 5.95 Å². The van der Waals surface area contributed by atoms with Crippen molar-refractivity contribution < 1.29 is 4.74 Å². The van der Waals surface area contributed by atoms with E-state index in [-0.39, 0.29) is 0 Å². The van der Waals surface area contributed by atoms with Crippen LogP contribution in [0.5, 0.6) is 5.75 Å². The van der Waals surface area contributed by atoms with Gasteiger partial charge in [-0.1, -0.05) is 19.3 Å². The van der Waals surface area contributed by atoms with E-state index in [2.05, 4.69) is 22.1 Å². The van der Waals surface area contributed by atoms with Crippen molar-refractivity contribution in [1.82, 2.24) is 9.97 Å². The number of hydrogen-bond acceptors (Lipinski definition) is 4. The predicted octanol–water partition coefficient (Wildman–Crippen LogP) is 4.17. The Morgan fingerprint density at radius 3 is 2.55 bits per heavy atom. The molecule has 0 atom stereocenters. The molecule has 0 aliphatic heterocycles. The number of ether oxygens (including phenoxy) is 1. The molecule has 0 radical (unpaired) electrons. The Hall–Kier alpha value is -2.10. The lowest BCUT2D eigenvalue weighted by molar-refractivity contribution is 0.340. The molecule has 116 valence electrons. The molecule has 1 aromatic heterocycles. The molecule has 0 amide bonds. The highest BCUT2D eigenvalue weighted by Crippen LogP contribution is 2.37. The summed E-state index contributed by atoms with van der Waals surface area (Å²) in [6.45, 7) is 2.66. The first kappa shape index (κ1) is 14.8. The predicted molar refractivity (Wildman–Crippen MR) is 88.9 cm³/mol. The summed E-state index contributed by atoms with van der Waals surface area (Å²) < 4.78 is 5.51. The first-order valence-corrected chi connectivity index (χ1v) is 8.13. The topological polar surface area (TPSA) is 61.0 Å². The molecule has 1 saturated carbocycles. The monoisotopic (exact) mass is 297 g/mol. The van der Waals surface area contributed by atoms with Gasteiger partial charge >= 0.3 is 0 Å². The summed E-state index contributed by atoms with van der Waals surface area (Å²) in [4.78, 5) is 8.75. The molecule has 0 unspecified atom stereocenters. The highest BCUT2D eigenvalue weighted by Gasteiger charge is 2.20. The van der Waals surface area contributed by atoms with Crippen molar-refractivity contribution in [2.24, 2.45) is 0 Å². The molecule has 22 heavy (non-hydrogen) atoms. The lowest BCUT2D eigenvalue weighted by Gasteiger charge is -2.23. The van der Waals surface area contributed by atoms with Crippen LogP contribution in [0.25, 0.3) is 11.3 Å². The van der Waals surface area contributed by atoms with E-state index in [1.165, 1.54) is 37.7 Å². The van der Waals surface area contributed by atoms with Crippen LogP contribution in [-0.4, -0.2) is 16.6 Å². The van der Waals surface area contributed by atoms with Crippen LogP contribution in [0.3, 0.4) is 0 Å². The average molecular weight is 297 g/mol. The van der Waals surface area contributed by atoms with E-state index in [9.17, 15) is 0 Å². The standard InChI is InChI=1S/C18H23N3O/c1-2-22-15-10-8-14(9-11-15)17-16(12-20-18(19)21-17)13-6-4-3-5-7-13/h8-13H,2-7H2,1H3,(H2,19,20,21). The van der Waals surface area contributed by atoms with E-state index in [1.807, 2.05) is 25.3 Å². The van der Waals surface area contributed by atoms with Crippen LogP contribution in [-0.2, 0) is 0 Å². The van der Waals surface area contributed by atoms with Crippen molar-refractivity contribution in [1.29, 1.82) is 0 Å². The van der Waals surface area contributed by atoms with Crippen LogP contribution >= 0.6 is 0 Å². The van der Waals surface area contributed by atoms with Gasteiger partial charge in [-0.3, -0.25) is 0 Å². The summed E-state index contributed by atoms with van der Waals surface area (Å²) in [6, 6.07) is 8.09. The van der Waals surface area contributed by atoms with Crippen LogP contribution in [0, 0.1) is 0 Å². The Balaban J connectivity index is 1.95. The van der Waals surface area contributed by atoms with Gasteiger partial charge < -0.3 is 10.5 Å². The molecule has 1 fully saturated rings. The van der Waals surface area contributed by atoms with Crippen molar-refractivity contribution in [3.8, 4) is 17.0 Å². The minimum absolute atomic E-state index is 0.337. The molecular formula is C18H23N3O. The molecule has 1 aromatic carbocycles. The Morgan fingerprint density at radius 1 is 1.14 bits per heavy atom. The van der Waals surface area contributed by atoms with Crippen molar-refractivity contribution in [3.63, 3.8) is 0 Å². The first-order chi connectivity index (χ1) is 10.8. The molecule has 1 aliphatic rings. The van der Waals surface area contributed by atoms with E-state index in [4.69, 9.17) is 10.5 Å². The summed E-state index contributed by atoms with van der Waals surface area (Å²) >= 11 is 0. The first-order valence-electron chi connectivity index (χ1n) is 8.13. The Bertz CT molecular complexity index is 619. The normalized spacial score (nSPS) is 15.7. The smallest absolute Gasteiger partial charge is 0.220 e. The maximum absolute atomic E-state index is 5.83. The SMILES string of the molecule is CCOc1ccc(-c2nc(N)ncc2C2CCCCC2)cc1. The summed E-state index contributed by atoms with van der Waals surface area (Å²) in [7, 11) is 0. The third-order valence-electron chi connectivity index (χ3n) is 4.32. The summed E-state index contributed by atoms with van der Waals surface area (Å²) in [5.74, 6) is 1.77. The Morgan fingerprint density at radius 2 is 1.86 bits per heavy atom. The van der Waals surface area contributed by atoms with E-state index in [1.54, 1.807) is 0 Å². The zero-order chi connectivity index (χ0) is 15.4. The molecule has 0 saturated heterocycles. The van der Waals surface area contributed by atoms with Crippen LogP contribution in [0.2, 0.25) is 0 Å². The zero-order valence-electron chi connectivity index (χ0n) is 13.1. The average Bonchev–Trinajstić information content (AvgIpc) is 2.57. The van der Waals surface area contributed by atoms with E-state index < -0.39 is 0 Å². The summed E-state index contributed by atoms with van der Waals surface area (Å²) in [5, 5.41) is 0. The van der Waals surface area contributed by atoms with Gasteiger partial charge in [-0.2, -0.15) is 0 Å². The van der Waals surface area contributed by atoms with Gasteiger partial charge in [0.1, 0.15) is 5.75 Å². The van der Waals surface area contributed by atoms with Crippen LogP contribution in [0.4, 0.5) is 5.95 Å². The second-order valence-electron chi connectivity index (χ2n) is 5.82. The highest BCUT2D eigenvalue weighted by atomic mass is 16.5. The van der Waals surface area contributed by atoms with Gasteiger partial charge in [0.15, 0.2) is 0 Å². The lowest BCUT2D eigenvalue weighted by Crippen LogP contribution is -2.09. The van der Waals surface area contributed by atoms with Crippen molar-refractivity contribution in [2.75, 3.05) is 12.3 Å². The van der Waals surface area contributed by atoms with E-state index in [0.29, 0.717) is 18.5 Å². The van der Waals surface area contributed by atoms with Gasteiger partial charge in [-0.15, -0.1) is 0 Å². The molecule has 0 bridgehead atoms. The third kappa shape index (κ3) is 3.21. The minimum Gasteiger partial charge on any atom is -0.494 e. The molecule has 4 heteroatoms. The zero-order valence-corrected chi connectivity index (χ0v) is 13.1. The number of nitrogens with zero attached hydrogens (tertiary/aromatic N) is 2. The molecule has 4 nitrogen and oxygen atoms in total. The number of hydrogen-bond donors (Lipinski definition) is 1. The van der Waals surface area contributed by atoms with Crippen molar-refractivity contribution in [2.45, 2.75) is 44.9 Å². The maximum Gasteiger partial charge on any atom is 0.220 e. The van der Waals surface area contributed by atoms with Gasteiger partial charge in [0.2, 0.25) is 5.95 Å². The number of aromatic nitrogens is 2. The number of nitrogens with two attached hydrogens (primary N) is 1. The Kier molecular flexibility index (Phi) is 4.56. The van der Waals surface area contributed by atoms with Crippen molar-refractivity contribution in [3.05, 3.63) is 36.0 Å². The number of benzene rings is 1. The number of nitrogen functional groups attached to an aromatic ring is 1. The van der Waals surface area contributed by atoms with Gasteiger partial charge in [0, 0.05) is 17.3 Å². The van der Waals surface area contributed by atoms with Crippen LogP contribution < -0.4 is 10.5 Å². The fraction of sp³-hybridized carbons (Fsp3) is 0.444. The fourth-order valence-electron chi connectivity index (χ4n) is 3.22. The van der Waals surface area contributed by atoms with E-state index in [0.717, 1.165) is 17.0 Å². The van der Waals surface area contributed by atoms with E-state index >= 15 is 0 Å². The maximum atomic E-state index is 5.83. The quantitative estimate of drug-likeness (QED) is 0.920. The van der Waals surface area contributed by atoms with Crippen LogP contribution in [0.15, 0.2) is 30.5 Å². The summed E-state index contributed by atoms with van der Waals surface area (Å²) in [5.41, 5.74) is 9.12. The summed E-state index contributed by atoms with van der Waals surface area (Å²) in [6.07, 6.45) is 8.28. The minimum atomic E-state index is 0.337. The van der Waals surface area contributed by atoms with Gasteiger partial charge in [0.25, 0.3) is 0 Å². The largest absolute Gasteiger partial charge is 0.494 e. The molecule has 2 N–H and O–H groups in total. The third-order valence-corrected chi connectivity index (χ3v) is 4.32. The Labute approximate surface area is 131 Å². The van der Waals surface area contributed by atoms with Gasteiger partial charge in [0.05, 0.1) is 12.3 Å². The van der Waals surface area contributed by atoms with Gasteiger partial charge in [-0.25, -0.2) is 9.97 Å². The molecule has 1 heterocycles. The second kappa shape index (κ2) is 6.77. The molecule has 0 spiro atoms. The molecule has 2 aromatic rings. The number of rotatable bonds is 4. The fourth-order valence-corrected chi connectivity index (χ4v) is 3.22. The molecule has 3 rings (SSSR count). The van der Waals surface area contributed by atoms with Crippen LogP contribution in [0.1, 0.15) is 50.5 Å². The lowest BCUT2D eigenvalue weighted by atomic mass is 9.83. The van der Waals surface area contributed by atoms with Gasteiger partial charge in [-0.05, 0) is 49.9 Å². The second-order valence-corrected chi connectivity index (χ2v) is 5.82. The molecule has 1 aliphatic carbocycles. The molecular weight excluding hydrogens is 274 g/mol.